The normalized spacial score (nSPS) is 11.9. The number of aryl methyl sites for hydroxylation is 1. The van der Waals surface area contributed by atoms with Crippen LogP contribution in [0.25, 0.3) is 16.9 Å². The Morgan fingerprint density at radius 3 is 2.52 bits per heavy atom. The Balaban J connectivity index is 1.67. The largest absolute Gasteiger partial charge is 0.416 e. The van der Waals surface area contributed by atoms with Gasteiger partial charge in [0, 0.05) is 30.2 Å². The number of benzene rings is 1. The van der Waals surface area contributed by atoms with Gasteiger partial charge >= 0.3 is 6.18 Å². The van der Waals surface area contributed by atoms with Crippen molar-refractivity contribution in [3.63, 3.8) is 0 Å². The van der Waals surface area contributed by atoms with Gasteiger partial charge in [-0.1, -0.05) is 12.1 Å². The number of ketones is 1. The van der Waals surface area contributed by atoms with Crippen molar-refractivity contribution in [3.05, 3.63) is 72.1 Å². The van der Waals surface area contributed by atoms with Gasteiger partial charge in [-0.25, -0.2) is 9.97 Å². The number of hydrogen-bond acceptors (Lipinski definition) is 4. The van der Waals surface area contributed by atoms with E-state index in [0.29, 0.717) is 23.4 Å². The summed E-state index contributed by atoms with van der Waals surface area (Å²) in [5.74, 6) is -0.186. The summed E-state index contributed by atoms with van der Waals surface area (Å²) in [7, 11) is 0. The monoisotopic (exact) mass is 399 g/mol. The summed E-state index contributed by atoms with van der Waals surface area (Å²) < 4.78 is 41.8. The van der Waals surface area contributed by atoms with Crippen molar-refractivity contribution in [2.24, 2.45) is 0 Å². The molecule has 29 heavy (non-hydrogen) atoms. The van der Waals surface area contributed by atoms with Gasteiger partial charge in [0.25, 0.3) is 0 Å². The first-order valence-corrected chi connectivity index (χ1v) is 8.91. The smallest absolute Gasteiger partial charge is 0.296 e. The van der Waals surface area contributed by atoms with Gasteiger partial charge in [0.2, 0.25) is 0 Å². The van der Waals surface area contributed by atoms with E-state index in [2.05, 4.69) is 15.1 Å². The Morgan fingerprint density at radius 2 is 1.83 bits per heavy atom. The third-order valence-electron chi connectivity index (χ3n) is 4.64. The second-order valence-electron chi connectivity index (χ2n) is 6.46. The molecule has 0 aliphatic carbocycles. The minimum Gasteiger partial charge on any atom is -0.296 e. The zero-order valence-corrected chi connectivity index (χ0v) is 15.4. The van der Waals surface area contributed by atoms with Gasteiger partial charge in [-0.3, -0.25) is 13.9 Å². The molecule has 0 aliphatic rings. The average molecular weight is 399 g/mol. The Hall–Kier alpha value is -3.49. The molecule has 0 aliphatic heterocycles. The van der Waals surface area contributed by atoms with Crippen LogP contribution in [0.5, 0.6) is 0 Å². The summed E-state index contributed by atoms with van der Waals surface area (Å²) in [6, 6.07) is 6.59. The molecule has 148 valence electrons. The topological polar surface area (TPSA) is 65.1 Å². The second-order valence-corrected chi connectivity index (χ2v) is 6.46. The maximum atomic E-state index is 12.8. The molecule has 1 aromatic carbocycles. The van der Waals surface area contributed by atoms with Gasteiger partial charge in [0.1, 0.15) is 5.69 Å². The van der Waals surface area contributed by atoms with Gasteiger partial charge in [-0.05, 0) is 25.1 Å². The maximum Gasteiger partial charge on any atom is 0.416 e. The van der Waals surface area contributed by atoms with E-state index in [1.54, 1.807) is 33.7 Å². The number of Topliss-reactive ketones (excluding diaryl/α,β-unsaturated/α-hetero) is 1. The van der Waals surface area contributed by atoms with Crippen LogP contribution in [0.15, 0.2) is 55.1 Å². The average Bonchev–Trinajstić information content (AvgIpc) is 3.33. The van der Waals surface area contributed by atoms with Gasteiger partial charge in [-0.15, -0.1) is 0 Å². The highest BCUT2D eigenvalue weighted by Crippen LogP contribution is 2.31. The van der Waals surface area contributed by atoms with Crippen molar-refractivity contribution in [3.8, 4) is 11.3 Å². The summed E-state index contributed by atoms with van der Waals surface area (Å²) in [5, 5.41) is 4.15. The van der Waals surface area contributed by atoms with Crippen molar-refractivity contribution in [2.75, 3.05) is 0 Å². The van der Waals surface area contributed by atoms with Crippen molar-refractivity contribution >= 4 is 11.4 Å². The highest BCUT2D eigenvalue weighted by atomic mass is 19.4. The van der Waals surface area contributed by atoms with Gasteiger partial charge in [-0.2, -0.15) is 18.3 Å². The van der Waals surface area contributed by atoms with E-state index in [4.69, 9.17) is 0 Å². The van der Waals surface area contributed by atoms with Crippen LogP contribution >= 0.6 is 0 Å². The molecule has 0 radical (unpaired) electrons. The Kier molecular flexibility index (Phi) is 4.65. The fraction of sp³-hybridized carbons (Fsp3) is 0.200. The van der Waals surface area contributed by atoms with Crippen LogP contribution in [-0.4, -0.2) is 29.9 Å². The van der Waals surface area contributed by atoms with E-state index in [1.807, 2.05) is 6.92 Å². The quantitative estimate of drug-likeness (QED) is 0.475. The number of carbonyl (C=O) groups is 1. The Morgan fingerprint density at radius 1 is 1.07 bits per heavy atom. The number of halogens is 3. The molecule has 6 nitrogen and oxygen atoms in total. The van der Waals surface area contributed by atoms with E-state index >= 15 is 0 Å². The Bertz CT molecular complexity index is 1180. The number of rotatable bonds is 5. The number of nitrogens with zero attached hydrogens (tertiary/aromatic N) is 5. The van der Waals surface area contributed by atoms with E-state index < -0.39 is 11.7 Å². The standard InChI is InChI=1S/C20H16F3N5O/c1-2-28-15(7-8-26-28)9-18(29)16-12-27-17(10-25-19(27)11-24-16)13-3-5-14(6-4-13)20(21,22)23/h3-8,10-12H,2,9H2,1H3. The number of carbonyl (C=O) groups excluding carboxylic acids is 1. The summed E-state index contributed by atoms with van der Waals surface area (Å²) in [5.41, 5.74) is 1.93. The molecule has 4 aromatic rings. The molecular weight excluding hydrogens is 383 g/mol. The summed E-state index contributed by atoms with van der Waals surface area (Å²) in [4.78, 5) is 21.1. The lowest BCUT2D eigenvalue weighted by molar-refractivity contribution is -0.137. The molecule has 9 heteroatoms. The zero-order valence-electron chi connectivity index (χ0n) is 15.4. The van der Waals surface area contributed by atoms with Crippen LogP contribution in [-0.2, 0) is 19.1 Å². The number of alkyl halides is 3. The van der Waals surface area contributed by atoms with Gasteiger partial charge < -0.3 is 0 Å². The van der Waals surface area contributed by atoms with Gasteiger partial charge in [0.05, 0.1) is 30.1 Å². The molecule has 0 fully saturated rings. The number of hydrogen-bond donors (Lipinski definition) is 0. The van der Waals surface area contributed by atoms with Crippen molar-refractivity contribution in [1.29, 1.82) is 0 Å². The summed E-state index contributed by atoms with van der Waals surface area (Å²) >= 11 is 0. The first-order valence-electron chi connectivity index (χ1n) is 8.91. The minimum absolute atomic E-state index is 0.149. The molecular formula is C20H16F3N5O. The van der Waals surface area contributed by atoms with Crippen LogP contribution in [0.1, 0.15) is 28.7 Å². The Labute approximate surface area is 163 Å². The highest BCUT2D eigenvalue weighted by Gasteiger charge is 2.30. The third kappa shape index (κ3) is 3.63. The molecule has 4 rings (SSSR count). The fourth-order valence-corrected chi connectivity index (χ4v) is 3.13. The molecule has 0 saturated heterocycles. The lowest BCUT2D eigenvalue weighted by Gasteiger charge is -2.08. The van der Waals surface area contributed by atoms with E-state index in [0.717, 1.165) is 17.8 Å². The lowest BCUT2D eigenvalue weighted by Crippen LogP contribution is -2.12. The molecule has 0 amide bonds. The van der Waals surface area contributed by atoms with Crippen LogP contribution in [0.2, 0.25) is 0 Å². The molecule has 0 N–H and O–H groups in total. The molecule has 0 spiro atoms. The SMILES string of the molecule is CCn1nccc1CC(=O)c1cn2c(-c3ccc(C(F)(F)F)cc3)cnc2cn1. The van der Waals surface area contributed by atoms with Crippen LogP contribution in [0.4, 0.5) is 13.2 Å². The lowest BCUT2D eigenvalue weighted by atomic mass is 10.1. The predicted molar refractivity (Wildman–Crippen MR) is 99.4 cm³/mol. The minimum atomic E-state index is -4.40. The maximum absolute atomic E-state index is 12.8. The van der Waals surface area contributed by atoms with Crippen molar-refractivity contribution < 1.29 is 18.0 Å². The van der Waals surface area contributed by atoms with E-state index in [1.165, 1.54) is 18.3 Å². The number of imidazole rings is 1. The molecule has 0 unspecified atom stereocenters. The summed E-state index contributed by atoms with van der Waals surface area (Å²) in [6.45, 7) is 2.59. The van der Waals surface area contributed by atoms with Crippen molar-refractivity contribution in [1.82, 2.24) is 24.1 Å². The fourth-order valence-electron chi connectivity index (χ4n) is 3.13. The van der Waals surface area contributed by atoms with Crippen LogP contribution in [0.3, 0.4) is 0 Å². The molecule has 0 saturated carbocycles. The zero-order chi connectivity index (χ0) is 20.6. The first kappa shape index (κ1) is 18.9. The van der Waals surface area contributed by atoms with Crippen LogP contribution < -0.4 is 0 Å². The molecule has 0 bridgehead atoms. The number of aromatic nitrogens is 5. The summed E-state index contributed by atoms with van der Waals surface area (Å²) in [6.07, 6.45) is 1.97. The third-order valence-corrected chi connectivity index (χ3v) is 4.64. The van der Waals surface area contributed by atoms with Crippen LogP contribution in [0, 0.1) is 0 Å². The van der Waals surface area contributed by atoms with E-state index in [-0.39, 0.29) is 17.9 Å². The van der Waals surface area contributed by atoms with E-state index in [9.17, 15) is 18.0 Å². The molecule has 3 aromatic heterocycles. The second kappa shape index (κ2) is 7.16. The molecule has 3 heterocycles. The first-order chi connectivity index (χ1) is 13.9. The highest BCUT2D eigenvalue weighted by molar-refractivity contribution is 5.95. The van der Waals surface area contributed by atoms with Gasteiger partial charge in [0.15, 0.2) is 11.4 Å². The number of fused-ring (bicyclic) bond motifs is 1. The van der Waals surface area contributed by atoms with Crippen molar-refractivity contribution in [2.45, 2.75) is 26.1 Å². The molecule has 0 atom stereocenters. The predicted octanol–water partition coefficient (Wildman–Crippen LogP) is 4.06.